The van der Waals surface area contributed by atoms with Gasteiger partial charge in [-0.1, -0.05) is 29.8 Å². The number of benzene rings is 2. The number of rotatable bonds is 4. The van der Waals surface area contributed by atoms with Gasteiger partial charge in [-0.25, -0.2) is 0 Å². The lowest BCUT2D eigenvalue weighted by Gasteiger charge is -2.10. The first-order chi connectivity index (χ1) is 10.3. The summed E-state index contributed by atoms with van der Waals surface area (Å²) < 4.78 is 11.4. The summed E-state index contributed by atoms with van der Waals surface area (Å²) in [4.78, 5) is 0. The highest BCUT2D eigenvalue weighted by Crippen LogP contribution is 2.22. The highest BCUT2D eigenvalue weighted by molar-refractivity contribution is 6.30. The molecule has 0 atom stereocenters. The Bertz CT molecular complexity index is 598. The Kier molecular flexibility index (Phi) is 4.76. The molecule has 0 saturated heterocycles. The molecule has 1 aliphatic rings. The summed E-state index contributed by atoms with van der Waals surface area (Å²) in [7, 11) is 0. The van der Waals surface area contributed by atoms with E-state index in [1.54, 1.807) is 0 Å². The summed E-state index contributed by atoms with van der Waals surface area (Å²) >= 11 is 5.86. The van der Waals surface area contributed by atoms with Gasteiger partial charge in [0.25, 0.3) is 0 Å². The number of fused-ring (bicyclic) bond motifs is 1. The molecule has 0 bridgehead atoms. The summed E-state index contributed by atoms with van der Waals surface area (Å²) in [6.07, 6.45) is 0. The molecule has 3 rings (SSSR count). The quantitative estimate of drug-likeness (QED) is 0.937. The summed E-state index contributed by atoms with van der Waals surface area (Å²) in [6.45, 7) is 3.63. The van der Waals surface area contributed by atoms with Crippen molar-refractivity contribution >= 4 is 11.6 Å². The van der Waals surface area contributed by atoms with Crippen LogP contribution in [-0.2, 0) is 24.5 Å². The lowest BCUT2D eigenvalue weighted by Crippen LogP contribution is -2.16. The molecule has 1 heterocycles. The van der Waals surface area contributed by atoms with Gasteiger partial charge in [-0.05, 0) is 35.4 Å². The first-order valence-electron chi connectivity index (χ1n) is 7.09. The van der Waals surface area contributed by atoms with E-state index in [1.807, 2.05) is 30.3 Å². The van der Waals surface area contributed by atoms with Crippen molar-refractivity contribution in [2.24, 2.45) is 0 Å². The second kappa shape index (κ2) is 6.94. The third-order valence-corrected chi connectivity index (χ3v) is 3.68. The minimum Gasteiger partial charge on any atom is -0.492 e. The Morgan fingerprint density at radius 3 is 2.67 bits per heavy atom. The zero-order chi connectivity index (χ0) is 14.5. The smallest absolute Gasteiger partial charge is 0.123 e. The van der Waals surface area contributed by atoms with E-state index in [0.717, 1.165) is 41.6 Å². The molecule has 4 heteroatoms. The number of ether oxygens (including phenoxy) is 2. The van der Waals surface area contributed by atoms with E-state index in [4.69, 9.17) is 21.1 Å². The fraction of sp³-hybridized carbons (Fsp3) is 0.294. The van der Waals surface area contributed by atoms with Crippen molar-refractivity contribution in [2.45, 2.75) is 19.8 Å². The molecule has 0 aromatic heterocycles. The number of nitrogens with one attached hydrogen (secondary N) is 1. The molecule has 0 aliphatic carbocycles. The van der Waals surface area contributed by atoms with Crippen molar-refractivity contribution in [1.82, 2.24) is 5.32 Å². The Morgan fingerprint density at radius 2 is 1.81 bits per heavy atom. The van der Waals surface area contributed by atoms with Crippen molar-refractivity contribution in [3.63, 3.8) is 0 Å². The summed E-state index contributed by atoms with van der Waals surface area (Å²) in [5.41, 5.74) is 3.48. The van der Waals surface area contributed by atoms with Gasteiger partial charge in [0.15, 0.2) is 0 Å². The zero-order valence-corrected chi connectivity index (χ0v) is 12.5. The monoisotopic (exact) mass is 303 g/mol. The van der Waals surface area contributed by atoms with Crippen LogP contribution in [0.1, 0.15) is 16.7 Å². The molecule has 2 aromatic rings. The molecular weight excluding hydrogens is 286 g/mol. The highest BCUT2D eigenvalue weighted by Gasteiger charge is 2.08. The Balaban J connectivity index is 1.58. The van der Waals surface area contributed by atoms with E-state index in [1.165, 1.54) is 5.56 Å². The van der Waals surface area contributed by atoms with Crippen LogP contribution in [0, 0.1) is 0 Å². The Hall–Kier alpha value is -1.55. The van der Waals surface area contributed by atoms with Crippen LogP contribution in [0.3, 0.4) is 0 Å². The van der Waals surface area contributed by atoms with Gasteiger partial charge in [0.1, 0.15) is 12.4 Å². The molecular formula is C17H18ClNO2. The van der Waals surface area contributed by atoms with Crippen LogP contribution in [0.4, 0.5) is 0 Å². The highest BCUT2D eigenvalue weighted by atomic mass is 35.5. The van der Waals surface area contributed by atoms with E-state index >= 15 is 0 Å². The zero-order valence-electron chi connectivity index (χ0n) is 11.8. The van der Waals surface area contributed by atoms with Gasteiger partial charge >= 0.3 is 0 Å². The second-order valence-electron chi connectivity index (χ2n) is 5.09. The van der Waals surface area contributed by atoms with Crippen LogP contribution in [0.2, 0.25) is 5.02 Å². The molecule has 0 fully saturated rings. The van der Waals surface area contributed by atoms with Crippen molar-refractivity contribution in [2.75, 3.05) is 13.2 Å². The van der Waals surface area contributed by atoms with Crippen molar-refractivity contribution in [1.29, 1.82) is 0 Å². The van der Waals surface area contributed by atoms with Crippen LogP contribution in [0.15, 0.2) is 42.5 Å². The molecule has 3 nitrogen and oxygen atoms in total. The third-order valence-electron chi connectivity index (χ3n) is 3.43. The largest absolute Gasteiger partial charge is 0.492 e. The van der Waals surface area contributed by atoms with Gasteiger partial charge in [0.2, 0.25) is 0 Å². The molecule has 0 radical (unpaired) electrons. The number of hydrogen-bond acceptors (Lipinski definition) is 3. The second-order valence-corrected chi connectivity index (χ2v) is 5.52. The Morgan fingerprint density at radius 1 is 1.05 bits per heavy atom. The van der Waals surface area contributed by atoms with Crippen LogP contribution in [0.25, 0.3) is 0 Å². The van der Waals surface area contributed by atoms with Crippen molar-refractivity contribution in [3.8, 4) is 5.75 Å². The van der Waals surface area contributed by atoms with Gasteiger partial charge in [0.05, 0.1) is 13.2 Å². The maximum Gasteiger partial charge on any atom is 0.123 e. The lowest BCUT2D eigenvalue weighted by atomic mass is 10.1. The van der Waals surface area contributed by atoms with Gasteiger partial charge in [-0.15, -0.1) is 0 Å². The summed E-state index contributed by atoms with van der Waals surface area (Å²) in [5, 5.41) is 4.09. The Labute approximate surface area is 129 Å². The van der Waals surface area contributed by atoms with Crippen molar-refractivity contribution < 1.29 is 9.47 Å². The molecule has 21 heavy (non-hydrogen) atoms. The minimum absolute atomic E-state index is 0.586. The van der Waals surface area contributed by atoms with Gasteiger partial charge in [0, 0.05) is 23.7 Å². The van der Waals surface area contributed by atoms with Crippen molar-refractivity contribution in [3.05, 3.63) is 64.2 Å². The van der Waals surface area contributed by atoms with Gasteiger partial charge in [-0.2, -0.15) is 0 Å². The average molecular weight is 304 g/mol. The molecule has 2 aromatic carbocycles. The maximum atomic E-state index is 5.86. The normalized spacial score (nSPS) is 14.1. The summed E-state index contributed by atoms with van der Waals surface area (Å²) in [6, 6.07) is 14.0. The van der Waals surface area contributed by atoms with Crippen LogP contribution in [-0.4, -0.2) is 13.2 Å². The molecule has 0 unspecified atom stereocenters. The maximum absolute atomic E-state index is 5.86. The predicted molar refractivity (Wildman–Crippen MR) is 83.6 cm³/mol. The first kappa shape index (κ1) is 14.4. The lowest BCUT2D eigenvalue weighted by molar-refractivity contribution is 0.107. The number of hydrogen-bond donors (Lipinski definition) is 1. The minimum atomic E-state index is 0.586. The van der Waals surface area contributed by atoms with Crippen LogP contribution < -0.4 is 10.1 Å². The third kappa shape index (κ3) is 3.97. The predicted octanol–water partition coefficient (Wildman–Crippen LogP) is 3.54. The van der Waals surface area contributed by atoms with E-state index < -0.39 is 0 Å². The van der Waals surface area contributed by atoms with E-state index in [9.17, 15) is 0 Å². The molecule has 1 aliphatic heterocycles. The molecule has 0 amide bonds. The van der Waals surface area contributed by atoms with E-state index in [2.05, 4.69) is 17.4 Å². The first-order valence-corrected chi connectivity index (χ1v) is 7.46. The number of halogens is 1. The summed E-state index contributed by atoms with van der Waals surface area (Å²) in [5.74, 6) is 0.974. The SMILES string of the molecule is Clc1ccc(COCc2ccc3c(c2)CNCCO3)cc1. The van der Waals surface area contributed by atoms with Crippen LogP contribution >= 0.6 is 11.6 Å². The van der Waals surface area contributed by atoms with Crippen LogP contribution in [0.5, 0.6) is 5.75 Å². The topological polar surface area (TPSA) is 30.5 Å². The molecule has 0 saturated carbocycles. The molecule has 0 spiro atoms. The van der Waals surface area contributed by atoms with E-state index in [-0.39, 0.29) is 0 Å². The average Bonchev–Trinajstić information content (AvgIpc) is 2.74. The van der Waals surface area contributed by atoms with E-state index in [0.29, 0.717) is 13.2 Å². The van der Waals surface area contributed by atoms with Gasteiger partial charge < -0.3 is 14.8 Å². The van der Waals surface area contributed by atoms with Gasteiger partial charge in [-0.3, -0.25) is 0 Å². The molecule has 1 N–H and O–H groups in total. The standard InChI is InChI=1S/C17H18ClNO2/c18-16-4-1-13(2-5-16)11-20-12-14-3-6-17-15(9-14)10-19-7-8-21-17/h1-6,9,19H,7-8,10-12H2. The fourth-order valence-electron chi connectivity index (χ4n) is 2.33. The molecule has 110 valence electrons. The fourth-order valence-corrected chi connectivity index (χ4v) is 2.45.